The van der Waals surface area contributed by atoms with Crippen molar-refractivity contribution in [1.82, 2.24) is 30.1 Å². The Morgan fingerprint density at radius 3 is 2.58 bits per heavy atom. The topological polar surface area (TPSA) is 79.7 Å². The number of H-pyrrole nitrogens is 1. The average molecular weight is 451 g/mol. The van der Waals surface area contributed by atoms with E-state index in [-0.39, 0.29) is 17.1 Å². The molecular weight excluding hydrogens is 412 g/mol. The van der Waals surface area contributed by atoms with E-state index in [1.165, 1.54) is 18.4 Å². The molecule has 0 radical (unpaired) electrons. The van der Waals surface area contributed by atoms with Crippen LogP contribution >= 0.6 is 0 Å². The summed E-state index contributed by atoms with van der Waals surface area (Å²) in [7, 11) is 0. The van der Waals surface area contributed by atoms with Crippen LogP contribution in [0.1, 0.15) is 94.8 Å². The highest BCUT2D eigenvalue weighted by molar-refractivity contribution is 5.83. The lowest BCUT2D eigenvalue weighted by Crippen LogP contribution is -2.40. The van der Waals surface area contributed by atoms with Gasteiger partial charge < -0.3 is 4.98 Å². The van der Waals surface area contributed by atoms with E-state index in [4.69, 9.17) is 0 Å². The zero-order valence-electron chi connectivity index (χ0n) is 21.0. The van der Waals surface area contributed by atoms with Gasteiger partial charge in [0.2, 0.25) is 0 Å². The Labute approximate surface area is 196 Å². The van der Waals surface area contributed by atoms with Gasteiger partial charge in [-0.2, -0.15) is 0 Å². The number of hydrogen-bond donors (Lipinski definition) is 1. The van der Waals surface area contributed by atoms with Crippen molar-refractivity contribution in [3.63, 3.8) is 0 Å². The fraction of sp³-hybridized carbons (Fsp3) is 0.615. The number of fused-ring (bicyclic) bond motifs is 1. The van der Waals surface area contributed by atoms with Crippen LogP contribution in [0.5, 0.6) is 0 Å². The minimum absolute atomic E-state index is 0.00108. The average Bonchev–Trinajstić information content (AvgIpc) is 3.47. The van der Waals surface area contributed by atoms with Crippen molar-refractivity contribution in [3.8, 4) is 0 Å². The van der Waals surface area contributed by atoms with Crippen molar-refractivity contribution >= 4 is 10.9 Å². The second kappa shape index (κ2) is 9.37. The molecule has 0 spiro atoms. The number of aryl methyl sites for hydroxylation is 2. The van der Waals surface area contributed by atoms with Crippen LogP contribution in [0, 0.1) is 13.8 Å². The number of tetrazole rings is 1. The predicted octanol–water partition coefficient (Wildman–Crippen LogP) is 5.17. The van der Waals surface area contributed by atoms with Gasteiger partial charge in [0.05, 0.1) is 11.6 Å². The van der Waals surface area contributed by atoms with Crippen molar-refractivity contribution in [1.29, 1.82) is 0 Å². The second-order valence-electron chi connectivity index (χ2n) is 10.3. The predicted molar refractivity (Wildman–Crippen MR) is 132 cm³/mol. The van der Waals surface area contributed by atoms with Gasteiger partial charge in [-0.1, -0.05) is 32.8 Å². The van der Waals surface area contributed by atoms with Crippen LogP contribution in [0.15, 0.2) is 23.0 Å². The van der Waals surface area contributed by atoms with E-state index in [2.05, 4.69) is 85.2 Å². The Morgan fingerprint density at radius 1 is 1.18 bits per heavy atom. The van der Waals surface area contributed by atoms with Crippen LogP contribution < -0.4 is 5.56 Å². The quantitative estimate of drug-likeness (QED) is 0.512. The molecule has 0 aliphatic heterocycles. The molecule has 4 rings (SSSR count). The third-order valence-corrected chi connectivity index (χ3v) is 7.55. The lowest BCUT2D eigenvalue weighted by molar-refractivity contribution is 0.106. The van der Waals surface area contributed by atoms with Crippen LogP contribution in [-0.2, 0) is 12.1 Å². The second-order valence-corrected chi connectivity index (χ2v) is 10.3. The Morgan fingerprint density at radius 2 is 1.91 bits per heavy atom. The summed E-state index contributed by atoms with van der Waals surface area (Å²) in [6.45, 7) is 13.5. The molecule has 0 saturated heterocycles. The summed E-state index contributed by atoms with van der Waals surface area (Å²) in [6.07, 6.45) is 6.59. The Bertz CT molecular complexity index is 1170. The summed E-state index contributed by atoms with van der Waals surface area (Å²) in [6, 6.07) is 6.81. The molecule has 0 bridgehead atoms. The van der Waals surface area contributed by atoms with Gasteiger partial charge in [0.1, 0.15) is 0 Å². The van der Waals surface area contributed by atoms with E-state index < -0.39 is 0 Å². The number of nitrogens with one attached hydrogen (secondary N) is 1. The molecule has 1 aliphatic carbocycles. The molecule has 33 heavy (non-hydrogen) atoms. The summed E-state index contributed by atoms with van der Waals surface area (Å²) in [5, 5.41) is 14.1. The minimum atomic E-state index is -0.164. The number of aromatic nitrogens is 5. The first kappa shape index (κ1) is 23.6. The molecule has 0 amide bonds. The van der Waals surface area contributed by atoms with E-state index in [9.17, 15) is 4.79 Å². The zero-order chi connectivity index (χ0) is 23.8. The molecule has 1 N–H and O–H groups in total. The highest BCUT2D eigenvalue weighted by atomic mass is 16.1. The monoisotopic (exact) mass is 450 g/mol. The molecule has 1 unspecified atom stereocenters. The maximum absolute atomic E-state index is 13.1. The van der Waals surface area contributed by atoms with Gasteiger partial charge in [-0.05, 0) is 87.1 Å². The largest absolute Gasteiger partial charge is 0.322 e. The molecule has 2 heterocycles. The van der Waals surface area contributed by atoms with Crippen molar-refractivity contribution in [3.05, 3.63) is 51.1 Å². The molecule has 7 nitrogen and oxygen atoms in total. The van der Waals surface area contributed by atoms with Crippen LogP contribution in [0.4, 0.5) is 0 Å². The fourth-order valence-corrected chi connectivity index (χ4v) is 5.31. The molecule has 7 heteroatoms. The summed E-state index contributed by atoms with van der Waals surface area (Å²) in [5.74, 6) is 0.903. The molecule has 1 atom stereocenters. The maximum atomic E-state index is 13.1. The van der Waals surface area contributed by atoms with E-state index in [1.807, 2.05) is 4.68 Å². The number of hydrogen-bond acceptors (Lipinski definition) is 5. The number of pyridine rings is 1. The zero-order valence-corrected chi connectivity index (χ0v) is 21.0. The number of aromatic amines is 1. The number of benzene rings is 1. The van der Waals surface area contributed by atoms with Gasteiger partial charge in [0.25, 0.3) is 5.56 Å². The van der Waals surface area contributed by atoms with Crippen LogP contribution in [-0.4, -0.2) is 36.1 Å². The van der Waals surface area contributed by atoms with Gasteiger partial charge in [0, 0.05) is 29.1 Å². The first-order chi connectivity index (χ1) is 15.7. The van der Waals surface area contributed by atoms with Crippen molar-refractivity contribution in [2.45, 2.75) is 104 Å². The Balaban J connectivity index is 1.77. The Kier molecular flexibility index (Phi) is 6.71. The fourth-order valence-electron chi connectivity index (χ4n) is 5.31. The number of nitrogens with zero attached hydrogens (tertiary/aromatic N) is 5. The van der Waals surface area contributed by atoms with E-state index >= 15 is 0 Å². The smallest absolute Gasteiger partial charge is 0.252 e. The standard InChI is InChI=1S/C26H38N6O/c1-7-23(24-28-29-30-32(24)26(5,6)8-2)31(20-11-9-10-12-20)16-19-15-21-18(4)13-17(3)14-22(21)27-25(19)33/h13-15,20,23H,7-12,16H2,1-6H3,(H,27,33). The maximum Gasteiger partial charge on any atom is 0.252 e. The molecular formula is C26H38N6O. The summed E-state index contributed by atoms with van der Waals surface area (Å²) < 4.78 is 2.00. The SMILES string of the molecule is CCC(c1nnnn1C(C)(C)CC)N(Cc1cc2c(C)cc(C)cc2[nH]c1=O)C1CCCC1. The highest BCUT2D eigenvalue weighted by Crippen LogP contribution is 2.35. The van der Waals surface area contributed by atoms with Gasteiger partial charge in [0.15, 0.2) is 5.82 Å². The third-order valence-electron chi connectivity index (χ3n) is 7.55. The summed E-state index contributed by atoms with van der Waals surface area (Å²) >= 11 is 0. The van der Waals surface area contributed by atoms with Crippen LogP contribution in [0.2, 0.25) is 0 Å². The molecule has 178 valence electrons. The molecule has 1 saturated carbocycles. The van der Waals surface area contributed by atoms with Crippen molar-refractivity contribution < 1.29 is 0 Å². The normalized spacial score (nSPS) is 16.2. The molecule has 3 aromatic rings. The van der Waals surface area contributed by atoms with E-state index in [0.29, 0.717) is 12.6 Å². The Hall–Kier alpha value is -2.54. The molecule has 1 fully saturated rings. The van der Waals surface area contributed by atoms with E-state index in [0.717, 1.165) is 53.5 Å². The third kappa shape index (κ3) is 4.60. The minimum Gasteiger partial charge on any atom is -0.322 e. The summed E-state index contributed by atoms with van der Waals surface area (Å²) in [5.41, 5.74) is 3.91. The van der Waals surface area contributed by atoms with Crippen LogP contribution in [0.25, 0.3) is 10.9 Å². The van der Waals surface area contributed by atoms with Gasteiger partial charge >= 0.3 is 0 Å². The van der Waals surface area contributed by atoms with Crippen molar-refractivity contribution in [2.75, 3.05) is 0 Å². The molecule has 1 aromatic carbocycles. The van der Waals surface area contributed by atoms with E-state index in [1.54, 1.807) is 0 Å². The lowest BCUT2D eigenvalue weighted by Gasteiger charge is -2.36. The summed E-state index contributed by atoms with van der Waals surface area (Å²) in [4.78, 5) is 18.8. The number of rotatable bonds is 8. The lowest BCUT2D eigenvalue weighted by atomic mass is 10.00. The molecule has 1 aliphatic rings. The van der Waals surface area contributed by atoms with Crippen LogP contribution in [0.3, 0.4) is 0 Å². The highest BCUT2D eigenvalue weighted by Gasteiger charge is 2.35. The molecule has 2 aromatic heterocycles. The first-order valence-corrected chi connectivity index (χ1v) is 12.4. The van der Waals surface area contributed by atoms with Gasteiger partial charge in [-0.3, -0.25) is 9.69 Å². The van der Waals surface area contributed by atoms with Crippen molar-refractivity contribution in [2.24, 2.45) is 0 Å². The van der Waals surface area contributed by atoms with Gasteiger partial charge in [-0.15, -0.1) is 5.10 Å². The first-order valence-electron chi connectivity index (χ1n) is 12.4. The van der Waals surface area contributed by atoms with Gasteiger partial charge in [-0.25, -0.2) is 4.68 Å².